The molecule has 0 heterocycles. The minimum absolute atomic E-state index is 1.40. The van der Waals surface area contributed by atoms with Gasteiger partial charge in [0.05, 0.1) is 0 Å². The molecule has 0 radical (unpaired) electrons. The number of nitrogens with one attached hydrogen (secondary N) is 1. The number of hydrogen-bond donors (Lipinski definition) is 1. The van der Waals surface area contributed by atoms with E-state index >= 15 is 0 Å². The lowest BCUT2D eigenvalue weighted by molar-refractivity contribution is 0.976. The Balaban J connectivity index is 3.19. The number of nitrogens with zero attached hydrogens (tertiary/aromatic N) is 2. The SMILES string of the molecule is C=CN/N=C\N=CC. The molecule has 0 atom stereocenters. The summed E-state index contributed by atoms with van der Waals surface area (Å²) in [5, 5.41) is 3.59. The van der Waals surface area contributed by atoms with Crippen LogP contribution < -0.4 is 5.43 Å². The Kier molecular flexibility index (Phi) is 5.06. The van der Waals surface area contributed by atoms with Gasteiger partial charge in [-0.2, -0.15) is 5.10 Å². The van der Waals surface area contributed by atoms with Crippen molar-refractivity contribution in [1.82, 2.24) is 5.43 Å². The molecule has 0 saturated heterocycles. The predicted octanol–water partition coefficient (Wildman–Crippen LogP) is 0.754. The highest BCUT2D eigenvalue weighted by Crippen LogP contribution is 1.57. The third-order valence-corrected chi connectivity index (χ3v) is 0.439. The Labute approximate surface area is 48.8 Å². The van der Waals surface area contributed by atoms with Crippen LogP contribution in [0.2, 0.25) is 0 Å². The Morgan fingerprint density at radius 1 is 1.62 bits per heavy atom. The van der Waals surface area contributed by atoms with Gasteiger partial charge < -0.3 is 0 Å². The summed E-state index contributed by atoms with van der Waals surface area (Å²) in [5.41, 5.74) is 2.50. The molecule has 3 heteroatoms. The molecule has 0 amide bonds. The Morgan fingerprint density at radius 3 is 2.88 bits per heavy atom. The molecule has 0 rings (SSSR count). The summed E-state index contributed by atoms with van der Waals surface area (Å²) in [6.07, 6.45) is 4.53. The Hall–Kier alpha value is -1.12. The van der Waals surface area contributed by atoms with Crippen LogP contribution in [-0.2, 0) is 0 Å². The first-order valence-corrected chi connectivity index (χ1v) is 2.27. The minimum Gasteiger partial charge on any atom is -0.285 e. The van der Waals surface area contributed by atoms with E-state index in [1.165, 1.54) is 12.5 Å². The second-order valence-electron chi connectivity index (χ2n) is 0.985. The summed E-state index contributed by atoms with van der Waals surface area (Å²) in [4.78, 5) is 3.68. The van der Waals surface area contributed by atoms with Gasteiger partial charge in [0.25, 0.3) is 0 Å². The summed E-state index contributed by atoms with van der Waals surface area (Å²) in [5.74, 6) is 0. The van der Waals surface area contributed by atoms with Crippen LogP contribution in [0, 0.1) is 0 Å². The van der Waals surface area contributed by atoms with E-state index in [9.17, 15) is 0 Å². The molecule has 0 unspecified atom stereocenters. The van der Waals surface area contributed by atoms with Crippen LogP contribution >= 0.6 is 0 Å². The van der Waals surface area contributed by atoms with Crippen molar-refractivity contribution in [1.29, 1.82) is 0 Å². The fourth-order valence-electron chi connectivity index (χ4n) is 0.186. The highest BCUT2D eigenvalue weighted by molar-refractivity contribution is 5.70. The van der Waals surface area contributed by atoms with Crippen LogP contribution in [-0.4, -0.2) is 12.6 Å². The molecule has 8 heavy (non-hydrogen) atoms. The number of hydrogen-bond acceptors (Lipinski definition) is 2. The molecule has 44 valence electrons. The number of aliphatic imine (C=N–C) groups is 1. The zero-order valence-corrected chi connectivity index (χ0v) is 4.83. The maximum absolute atomic E-state index is 3.68. The predicted molar refractivity (Wildman–Crippen MR) is 36.0 cm³/mol. The van der Waals surface area contributed by atoms with Crippen molar-refractivity contribution in [3.63, 3.8) is 0 Å². The molecule has 0 aromatic carbocycles. The molecule has 0 aliphatic rings. The van der Waals surface area contributed by atoms with Gasteiger partial charge in [0, 0.05) is 12.4 Å². The van der Waals surface area contributed by atoms with Crippen molar-refractivity contribution in [3.05, 3.63) is 12.8 Å². The van der Waals surface area contributed by atoms with E-state index in [0.29, 0.717) is 0 Å². The van der Waals surface area contributed by atoms with E-state index in [-0.39, 0.29) is 0 Å². The minimum atomic E-state index is 1.40. The van der Waals surface area contributed by atoms with Gasteiger partial charge in [0.1, 0.15) is 6.34 Å². The zero-order chi connectivity index (χ0) is 6.24. The van der Waals surface area contributed by atoms with Crippen LogP contribution in [0.3, 0.4) is 0 Å². The van der Waals surface area contributed by atoms with Gasteiger partial charge >= 0.3 is 0 Å². The Bertz CT molecular complexity index is 104. The van der Waals surface area contributed by atoms with Crippen LogP contribution in [0.5, 0.6) is 0 Å². The average molecular weight is 111 g/mol. The fraction of sp³-hybridized carbons (Fsp3) is 0.200. The van der Waals surface area contributed by atoms with E-state index in [0.717, 1.165) is 0 Å². The number of hydrazone groups is 1. The van der Waals surface area contributed by atoms with Gasteiger partial charge in [-0.1, -0.05) is 6.58 Å². The molecule has 0 bridgehead atoms. The third-order valence-electron chi connectivity index (χ3n) is 0.439. The molecule has 1 N–H and O–H groups in total. The summed E-state index contributed by atoms with van der Waals surface area (Å²) in [6.45, 7) is 5.20. The van der Waals surface area contributed by atoms with Crippen molar-refractivity contribution in [2.45, 2.75) is 6.92 Å². The van der Waals surface area contributed by atoms with Crippen molar-refractivity contribution < 1.29 is 0 Å². The van der Waals surface area contributed by atoms with Gasteiger partial charge in [0.15, 0.2) is 0 Å². The van der Waals surface area contributed by atoms with Crippen molar-refractivity contribution in [3.8, 4) is 0 Å². The highest BCUT2D eigenvalue weighted by Gasteiger charge is 1.57. The molecule has 3 nitrogen and oxygen atoms in total. The lowest BCUT2D eigenvalue weighted by atomic mass is 10.9. The van der Waals surface area contributed by atoms with Crippen LogP contribution in [0.4, 0.5) is 0 Å². The largest absolute Gasteiger partial charge is 0.285 e. The van der Waals surface area contributed by atoms with Gasteiger partial charge in [0.2, 0.25) is 0 Å². The first-order chi connectivity index (χ1) is 3.91. The van der Waals surface area contributed by atoms with Gasteiger partial charge in [-0.3, -0.25) is 5.43 Å². The van der Waals surface area contributed by atoms with E-state index in [2.05, 4.69) is 22.1 Å². The molecular weight excluding hydrogens is 102 g/mol. The third kappa shape index (κ3) is 4.88. The topological polar surface area (TPSA) is 36.8 Å². The summed E-state index contributed by atoms with van der Waals surface area (Å²) in [6, 6.07) is 0. The lowest BCUT2D eigenvalue weighted by Crippen LogP contribution is -1.89. The number of rotatable bonds is 3. The van der Waals surface area contributed by atoms with Crippen LogP contribution in [0.15, 0.2) is 22.9 Å². The molecular formula is C5H9N3. The van der Waals surface area contributed by atoms with E-state index in [1.54, 1.807) is 6.21 Å². The second kappa shape index (κ2) is 5.88. The summed E-state index contributed by atoms with van der Waals surface area (Å²) in [7, 11) is 0. The molecule has 0 aliphatic heterocycles. The molecule has 0 aliphatic carbocycles. The second-order valence-corrected chi connectivity index (χ2v) is 0.985. The first kappa shape index (κ1) is 6.88. The molecule has 0 aromatic heterocycles. The smallest absolute Gasteiger partial charge is 0.135 e. The van der Waals surface area contributed by atoms with Crippen LogP contribution in [0.1, 0.15) is 6.92 Å². The van der Waals surface area contributed by atoms with E-state index in [1.807, 2.05) is 6.92 Å². The zero-order valence-electron chi connectivity index (χ0n) is 4.83. The van der Waals surface area contributed by atoms with Crippen molar-refractivity contribution in [2.24, 2.45) is 10.1 Å². The van der Waals surface area contributed by atoms with Gasteiger partial charge in [-0.25, -0.2) is 4.99 Å². The van der Waals surface area contributed by atoms with E-state index < -0.39 is 0 Å². The Morgan fingerprint density at radius 2 is 2.38 bits per heavy atom. The molecule has 0 spiro atoms. The van der Waals surface area contributed by atoms with Gasteiger partial charge in [-0.15, -0.1) is 0 Å². The molecule has 0 saturated carbocycles. The highest BCUT2D eigenvalue weighted by atomic mass is 15.3. The quantitative estimate of drug-likeness (QED) is 0.325. The maximum Gasteiger partial charge on any atom is 0.135 e. The standard InChI is InChI=1S/C5H9N3/c1-3-6-5-8-7-4-2/h3-5,7H,2H2,1H3/b6-3?,8-5-. The molecule has 0 aromatic rings. The van der Waals surface area contributed by atoms with Crippen molar-refractivity contribution in [2.75, 3.05) is 0 Å². The summed E-state index contributed by atoms with van der Waals surface area (Å²) >= 11 is 0. The fourth-order valence-corrected chi connectivity index (χ4v) is 0.186. The normalized spacial score (nSPS) is 10.6. The first-order valence-electron chi connectivity index (χ1n) is 2.27. The van der Waals surface area contributed by atoms with Crippen LogP contribution in [0.25, 0.3) is 0 Å². The summed E-state index contributed by atoms with van der Waals surface area (Å²) < 4.78 is 0. The maximum atomic E-state index is 3.68. The average Bonchev–Trinajstić information content (AvgIpc) is 1.81. The van der Waals surface area contributed by atoms with Gasteiger partial charge in [-0.05, 0) is 6.92 Å². The monoisotopic (exact) mass is 111 g/mol. The van der Waals surface area contributed by atoms with Crippen molar-refractivity contribution >= 4 is 12.6 Å². The van der Waals surface area contributed by atoms with E-state index in [4.69, 9.17) is 0 Å². The lowest BCUT2D eigenvalue weighted by Gasteiger charge is -1.80. The molecule has 0 fully saturated rings.